The highest BCUT2D eigenvalue weighted by atomic mass is 32.2. The summed E-state index contributed by atoms with van der Waals surface area (Å²) in [6.07, 6.45) is 0. The van der Waals surface area contributed by atoms with Crippen LogP contribution in [0.3, 0.4) is 0 Å². The maximum absolute atomic E-state index is 13.1. The molecule has 0 heterocycles. The number of fused-ring (bicyclic) bond motifs is 1. The molecular formula is C25H23NO6S2. The van der Waals surface area contributed by atoms with Crippen LogP contribution in [0.2, 0.25) is 0 Å². The summed E-state index contributed by atoms with van der Waals surface area (Å²) in [4.78, 5) is 0.0323. The van der Waals surface area contributed by atoms with E-state index in [2.05, 4.69) is 4.72 Å². The Kier molecular flexibility index (Phi) is 6.60. The van der Waals surface area contributed by atoms with E-state index in [0.29, 0.717) is 16.5 Å². The average Bonchev–Trinajstić information content (AvgIpc) is 2.83. The van der Waals surface area contributed by atoms with Crippen LogP contribution in [0.4, 0.5) is 0 Å². The highest BCUT2D eigenvalue weighted by Crippen LogP contribution is 2.32. The number of benzene rings is 4. The van der Waals surface area contributed by atoms with Crippen LogP contribution in [-0.2, 0) is 26.7 Å². The van der Waals surface area contributed by atoms with Gasteiger partial charge in [0.1, 0.15) is 10.6 Å². The van der Waals surface area contributed by atoms with Crippen LogP contribution in [0.15, 0.2) is 94.7 Å². The second-order valence-corrected chi connectivity index (χ2v) is 10.9. The van der Waals surface area contributed by atoms with Gasteiger partial charge >= 0.3 is 10.1 Å². The van der Waals surface area contributed by atoms with E-state index in [-0.39, 0.29) is 22.1 Å². The molecule has 0 unspecified atom stereocenters. The number of ether oxygens (including phenoxy) is 1. The van der Waals surface area contributed by atoms with Crippen molar-refractivity contribution < 1.29 is 25.8 Å². The van der Waals surface area contributed by atoms with Crippen LogP contribution in [0.1, 0.15) is 11.1 Å². The minimum absolute atomic E-state index is 0.0128. The molecule has 34 heavy (non-hydrogen) atoms. The first-order chi connectivity index (χ1) is 16.2. The van der Waals surface area contributed by atoms with Gasteiger partial charge in [-0.3, -0.25) is 0 Å². The van der Waals surface area contributed by atoms with Gasteiger partial charge in [-0.2, -0.15) is 8.42 Å². The Hall–Kier alpha value is -3.40. The van der Waals surface area contributed by atoms with Gasteiger partial charge in [0, 0.05) is 17.3 Å². The van der Waals surface area contributed by atoms with E-state index in [4.69, 9.17) is 8.92 Å². The number of hydrogen-bond acceptors (Lipinski definition) is 6. The highest BCUT2D eigenvalue weighted by molar-refractivity contribution is 7.89. The van der Waals surface area contributed by atoms with Gasteiger partial charge in [0.2, 0.25) is 10.0 Å². The van der Waals surface area contributed by atoms with Crippen molar-refractivity contribution in [2.24, 2.45) is 0 Å². The van der Waals surface area contributed by atoms with Crippen molar-refractivity contribution in [2.75, 3.05) is 7.11 Å². The van der Waals surface area contributed by atoms with Gasteiger partial charge in [-0.05, 0) is 48.9 Å². The summed E-state index contributed by atoms with van der Waals surface area (Å²) in [7, 11) is -6.48. The zero-order chi connectivity index (χ0) is 24.3. The van der Waals surface area contributed by atoms with E-state index in [1.54, 1.807) is 60.7 Å². The van der Waals surface area contributed by atoms with Crippen molar-refractivity contribution in [3.8, 4) is 11.5 Å². The average molecular weight is 498 g/mol. The standard InChI is InChI=1S/C25H23NO6S2/c1-18-12-14-21(15-13-18)34(29,30)32-24-10-4-9-23-22(24)8-5-11-25(23)33(27,28)26-17-19-6-3-7-20(16-19)31-2/h3-16,26H,17H2,1-2H3. The number of nitrogens with one attached hydrogen (secondary N) is 1. The molecule has 4 aromatic carbocycles. The van der Waals surface area contributed by atoms with E-state index in [1.165, 1.54) is 31.4 Å². The first-order valence-corrected chi connectivity index (χ1v) is 13.2. The lowest BCUT2D eigenvalue weighted by Gasteiger charge is -2.13. The Morgan fingerprint density at radius 2 is 1.47 bits per heavy atom. The molecule has 1 N–H and O–H groups in total. The molecule has 9 heteroatoms. The molecule has 0 saturated carbocycles. The minimum atomic E-state index is -4.10. The quantitative estimate of drug-likeness (QED) is 0.362. The Bertz CT molecular complexity index is 1550. The predicted octanol–water partition coefficient (Wildman–Crippen LogP) is 4.40. The van der Waals surface area contributed by atoms with Crippen molar-refractivity contribution in [1.82, 2.24) is 4.72 Å². The lowest BCUT2D eigenvalue weighted by molar-refractivity contribution is 0.414. The molecule has 0 radical (unpaired) electrons. The van der Waals surface area contributed by atoms with Crippen LogP contribution >= 0.6 is 0 Å². The molecule has 0 spiro atoms. The zero-order valence-electron chi connectivity index (χ0n) is 18.6. The summed E-state index contributed by atoms with van der Waals surface area (Å²) in [5, 5.41) is 0.708. The van der Waals surface area contributed by atoms with Crippen LogP contribution in [0.25, 0.3) is 10.8 Å². The van der Waals surface area contributed by atoms with Crippen LogP contribution in [-0.4, -0.2) is 23.9 Å². The van der Waals surface area contributed by atoms with Crippen LogP contribution < -0.4 is 13.6 Å². The Morgan fingerprint density at radius 1 is 0.794 bits per heavy atom. The van der Waals surface area contributed by atoms with Gasteiger partial charge in [-0.15, -0.1) is 0 Å². The summed E-state index contributed by atoms with van der Waals surface area (Å²) in [5.41, 5.74) is 1.65. The van der Waals surface area contributed by atoms with Gasteiger partial charge in [-0.1, -0.05) is 54.1 Å². The molecule has 0 bridgehead atoms. The predicted molar refractivity (Wildman–Crippen MR) is 130 cm³/mol. The van der Waals surface area contributed by atoms with E-state index >= 15 is 0 Å². The van der Waals surface area contributed by atoms with Crippen molar-refractivity contribution in [3.05, 3.63) is 96.1 Å². The van der Waals surface area contributed by atoms with Gasteiger partial charge in [0.05, 0.1) is 12.0 Å². The maximum atomic E-state index is 13.1. The third-order valence-electron chi connectivity index (χ3n) is 5.24. The molecule has 0 aromatic heterocycles. The normalized spacial score (nSPS) is 11.9. The maximum Gasteiger partial charge on any atom is 0.339 e. The molecule has 0 fully saturated rings. The molecule has 4 aromatic rings. The fraction of sp³-hybridized carbons (Fsp3) is 0.120. The topological polar surface area (TPSA) is 98.8 Å². The van der Waals surface area contributed by atoms with Crippen molar-refractivity contribution in [2.45, 2.75) is 23.3 Å². The Morgan fingerprint density at radius 3 is 2.21 bits per heavy atom. The molecule has 0 amide bonds. The number of methoxy groups -OCH3 is 1. The summed E-state index contributed by atoms with van der Waals surface area (Å²) < 4.78 is 65.0. The van der Waals surface area contributed by atoms with E-state index in [0.717, 1.165) is 11.1 Å². The SMILES string of the molecule is COc1cccc(CNS(=O)(=O)c2cccc3c(OS(=O)(=O)c4ccc(C)cc4)cccc23)c1. The van der Waals surface area contributed by atoms with Crippen molar-refractivity contribution in [3.63, 3.8) is 0 Å². The molecular weight excluding hydrogens is 474 g/mol. The molecule has 0 aliphatic rings. The molecule has 7 nitrogen and oxygen atoms in total. The smallest absolute Gasteiger partial charge is 0.339 e. The van der Waals surface area contributed by atoms with Gasteiger partial charge in [0.15, 0.2) is 5.75 Å². The number of rotatable bonds is 8. The minimum Gasteiger partial charge on any atom is -0.497 e. The first kappa shape index (κ1) is 23.7. The molecule has 176 valence electrons. The van der Waals surface area contributed by atoms with E-state index in [1.807, 2.05) is 6.92 Å². The monoisotopic (exact) mass is 497 g/mol. The third-order valence-corrected chi connectivity index (χ3v) is 7.95. The van der Waals surface area contributed by atoms with Gasteiger partial charge < -0.3 is 8.92 Å². The van der Waals surface area contributed by atoms with Gasteiger partial charge in [-0.25, -0.2) is 13.1 Å². The highest BCUT2D eigenvalue weighted by Gasteiger charge is 2.21. The van der Waals surface area contributed by atoms with Crippen LogP contribution in [0, 0.1) is 6.92 Å². The van der Waals surface area contributed by atoms with Gasteiger partial charge in [0.25, 0.3) is 0 Å². The second-order valence-electron chi connectivity index (χ2n) is 7.63. The number of hydrogen-bond donors (Lipinski definition) is 1. The van der Waals surface area contributed by atoms with E-state index in [9.17, 15) is 16.8 Å². The molecule has 0 saturated heterocycles. The lowest BCUT2D eigenvalue weighted by Crippen LogP contribution is -2.23. The number of sulfonamides is 1. The Labute approximate surface area is 199 Å². The fourth-order valence-corrected chi connectivity index (χ4v) is 5.65. The molecule has 0 aliphatic carbocycles. The van der Waals surface area contributed by atoms with Crippen molar-refractivity contribution >= 4 is 30.9 Å². The lowest BCUT2D eigenvalue weighted by atomic mass is 10.1. The zero-order valence-corrected chi connectivity index (χ0v) is 20.2. The van der Waals surface area contributed by atoms with Crippen molar-refractivity contribution in [1.29, 1.82) is 0 Å². The fourth-order valence-electron chi connectivity index (χ4n) is 3.47. The largest absolute Gasteiger partial charge is 0.497 e. The van der Waals surface area contributed by atoms with E-state index < -0.39 is 20.1 Å². The number of aryl methyl sites for hydroxylation is 1. The summed E-state index contributed by atoms with van der Waals surface area (Å²) in [5.74, 6) is 0.668. The molecule has 4 rings (SSSR count). The Balaban J connectivity index is 1.66. The summed E-state index contributed by atoms with van der Waals surface area (Å²) >= 11 is 0. The molecule has 0 atom stereocenters. The second kappa shape index (κ2) is 9.46. The first-order valence-electron chi connectivity index (χ1n) is 10.4. The summed E-state index contributed by atoms with van der Waals surface area (Å²) in [6.45, 7) is 1.92. The molecule has 0 aliphatic heterocycles. The van der Waals surface area contributed by atoms with Crippen LogP contribution in [0.5, 0.6) is 11.5 Å². The third kappa shape index (κ3) is 5.06. The summed E-state index contributed by atoms with van der Waals surface area (Å²) in [6, 6.07) is 22.7.